The number of anilines is 1. The first-order chi connectivity index (χ1) is 13.7. The number of nitrogens with zero attached hydrogens (tertiary/aromatic N) is 2. The van der Waals surface area contributed by atoms with Gasteiger partial charge in [-0.2, -0.15) is 0 Å². The summed E-state index contributed by atoms with van der Waals surface area (Å²) in [5, 5.41) is 8.11. The Labute approximate surface area is 174 Å². The number of hydrogen-bond acceptors (Lipinski definition) is 5. The molecule has 0 radical (unpaired) electrons. The fourth-order valence-corrected chi connectivity index (χ4v) is 4.09. The number of benzene rings is 1. The van der Waals surface area contributed by atoms with Crippen molar-refractivity contribution in [2.24, 2.45) is 5.92 Å². The molecule has 1 unspecified atom stereocenters. The van der Waals surface area contributed by atoms with Gasteiger partial charge >= 0.3 is 0 Å². The maximum atomic E-state index is 12.8. The Morgan fingerprint density at radius 3 is 2.72 bits per heavy atom. The van der Waals surface area contributed by atoms with Gasteiger partial charge in [0.25, 0.3) is 0 Å². The number of carbonyl (C=O) groups is 1. The van der Waals surface area contributed by atoms with Gasteiger partial charge < -0.3 is 15.0 Å². The maximum Gasteiger partial charge on any atom is 0.241 e. The van der Waals surface area contributed by atoms with E-state index in [1.807, 2.05) is 35.4 Å². The smallest absolute Gasteiger partial charge is 0.241 e. The SMILES string of the molecule is COc1cc(NC(C)CCCN2C(=O)[C@H](C(C)C)NC2(C)C)c2ncccc2c1. The summed E-state index contributed by atoms with van der Waals surface area (Å²) in [4.78, 5) is 19.3. The van der Waals surface area contributed by atoms with Gasteiger partial charge in [-0.15, -0.1) is 0 Å². The average Bonchev–Trinajstić information content (AvgIpc) is 2.91. The number of ether oxygens (including phenoxy) is 1. The first-order valence-corrected chi connectivity index (χ1v) is 10.5. The minimum absolute atomic E-state index is 0.0882. The lowest BCUT2D eigenvalue weighted by Crippen LogP contribution is -2.48. The van der Waals surface area contributed by atoms with Gasteiger partial charge in [-0.05, 0) is 51.7 Å². The zero-order valence-corrected chi connectivity index (χ0v) is 18.5. The van der Waals surface area contributed by atoms with E-state index in [1.54, 1.807) is 7.11 Å². The second-order valence-corrected chi connectivity index (χ2v) is 8.85. The molecule has 29 heavy (non-hydrogen) atoms. The third-order valence-corrected chi connectivity index (χ3v) is 5.72. The van der Waals surface area contributed by atoms with Crippen LogP contribution in [0.1, 0.15) is 47.5 Å². The van der Waals surface area contributed by atoms with E-state index in [9.17, 15) is 4.79 Å². The highest BCUT2D eigenvalue weighted by Crippen LogP contribution is 2.29. The molecule has 2 N–H and O–H groups in total. The number of hydrogen-bond donors (Lipinski definition) is 2. The Balaban J connectivity index is 1.62. The first-order valence-electron chi connectivity index (χ1n) is 10.5. The second-order valence-electron chi connectivity index (χ2n) is 8.85. The lowest BCUT2D eigenvalue weighted by atomic mass is 10.0. The van der Waals surface area contributed by atoms with Gasteiger partial charge in [0.05, 0.1) is 30.0 Å². The van der Waals surface area contributed by atoms with Crippen molar-refractivity contribution in [3.63, 3.8) is 0 Å². The van der Waals surface area contributed by atoms with Crippen molar-refractivity contribution in [3.8, 4) is 5.75 Å². The topological polar surface area (TPSA) is 66.5 Å². The van der Waals surface area contributed by atoms with E-state index in [1.165, 1.54) is 0 Å². The summed E-state index contributed by atoms with van der Waals surface area (Å²) in [5.41, 5.74) is 1.63. The van der Waals surface area contributed by atoms with Crippen molar-refractivity contribution < 1.29 is 9.53 Å². The molecule has 1 amide bonds. The zero-order chi connectivity index (χ0) is 21.2. The van der Waals surface area contributed by atoms with Crippen LogP contribution in [0.5, 0.6) is 5.75 Å². The molecule has 3 rings (SSSR count). The summed E-state index contributed by atoms with van der Waals surface area (Å²) in [6.45, 7) is 11.3. The number of aromatic nitrogens is 1. The third-order valence-electron chi connectivity index (χ3n) is 5.72. The fraction of sp³-hybridized carbons (Fsp3) is 0.565. The Kier molecular flexibility index (Phi) is 6.32. The Hall–Kier alpha value is -2.34. The summed E-state index contributed by atoms with van der Waals surface area (Å²) in [5.74, 6) is 1.32. The first kappa shape index (κ1) is 21.4. The normalized spacial score (nSPS) is 19.8. The molecule has 1 aliphatic heterocycles. The molecule has 1 aromatic heterocycles. The quantitative estimate of drug-likeness (QED) is 0.703. The summed E-state index contributed by atoms with van der Waals surface area (Å²) < 4.78 is 5.44. The highest BCUT2D eigenvalue weighted by atomic mass is 16.5. The lowest BCUT2D eigenvalue weighted by Gasteiger charge is -2.31. The molecule has 1 saturated heterocycles. The highest BCUT2D eigenvalue weighted by molar-refractivity contribution is 5.92. The molecule has 0 bridgehead atoms. The van der Waals surface area contributed by atoms with Crippen LogP contribution in [0.15, 0.2) is 30.5 Å². The van der Waals surface area contributed by atoms with Crippen molar-refractivity contribution in [3.05, 3.63) is 30.5 Å². The van der Waals surface area contributed by atoms with E-state index in [2.05, 4.69) is 50.2 Å². The van der Waals surface area contributed by atoms with E-state index in [0.717, 1.165) is 41.7 Å². The molecule has 158 valence electrons. The van der Waals surface area contributed by atoms with Crippen molar-refractivity contribution in [1.82, 2.24) is 15.2 Å². The third kappa shape index (κ3) is 4.64. The van der Waals surface area contributed by atoms with Gasteiger partial charge in [0.1, 0.15) is 5.75 Å². The van der Waals surface area contributed by atoms with Crippen molar-refractivity contribution in [1.29, 1.82) is 0 Å². The van der Waals surface area contributed by atoms with Crippen LogP contribution >= 0.6 is 0 Å². The largest absolute Gasteiger partial charge is 0.497 e. The predicted molar refractivity (Wildman–Crippen MR) is 118 cm³/mol. The fourth-order valence-electron chi connectivity index (χ4n) is 4.09. The number of carbonyl (C=O) groups excluding carboxylic acids is 1. The maximum absolute atomic E-state index is 12.8. The second kappa shape index (κ2) is 8.57. The molecule has 0 aliphatic carbocycles. The molecule has 1 aliphatic rings. The minimum Gasteiger partial charge on any atom is -0.497 e. The monoisotopic (exact) mass is 398 g/mol. The van der Waals surface area contributed by atoms with E-state index in [0.29, 0.717) is 5.92 Å². The van der Waals surface area contributed by atoms with Crippen LogP contribution in [0, 0.1) is 5.92 Å². The van der Waals surface area contributed by atoms with Gasteiger partial charge in [-0.3, -0.25) is 15.1 Å². The molecule has 1 fully saturated rings. The Morgan fingerprint density at radius 2 is 2.07 bits per heavy atom. The van der Waals surface area contributed by atoms with Gasteiger partial charge in [0, 0.05) is 30.2 Å². The summed E-state index contributed by atoms with van der Waals surface area (Å²) >= 11 is 0. The molecule has 6 nitrogen and oxygen atoms in total. The zero-order valence-electron chi connectivity index (χ0n) is 18.5. The highest BCUT2D eigenvalue weighted by Gasteiger charge is 2.44. The molecular weight excluding hydrogens is 364 g/mol. The molecular formula is C23H34N4O2. The molecule has 2 heterocycles. The number of amides is 1. The van der Waals surface area contributed by atoms with Crippen LogP contribution in [0.4, 0.5) is 5.69 Å². The summed E-state index contributed by atoms with van der Waals surface area (Å²) in [7, 11) is 1.68. The predicted octanol–water partition coefficient (Wildman–Crippen LogP) is 4.02. The van der Waals surface area contributed by atoms with E-state index in [-0.39, 0.29) is 23.7 Å². The van der Waals surface area contributed by atoms with Crippen LogP contribution < -0.4 is 15.4 Å². The number of rotatable bonds is 8. The minimum atomic E-state index is -0.296. The van der Waals surface area contributed by atoms with Gasteiger partial charge in [-0.1, -0.05) is 19.9 Å². The number of methoxy groups -OCH3 is 1. The van der Waals surface area contributed by atoms with Crippen LogP contribution in [0.3, 0.4) is 0 Å². The molecule has 0 spiro atoms. The van der Waals surface area contributed by atoms with E-state index in [4.69, 9.17) is 4.74 Å². The summed E-state index contributed by atoms with van der Waals surface area (Å²) in [6.07, 6.45) is 3.70. The molecule has 0 saturated carbocycles. The van der Waals surface area contributed by atoms with Gasteiger partial charge in [0.15, 0.2) is 0 Å². The van der Waals surface area contributed by atoms with Crippen LogP contribution in [0.2, 0.25) is 0 Å². The van der Waals surface area contributed by atoms with E-state index < -0.39 is 0 Å². The lowest BCUT2D eigenvalue weighted by molar-refractivity contribution is -0.132. The number of nitrogens with one attached hydrogen (secondary N) is 2. The number of pyridine rings is 1. The number of fused-ring (bicyclic) bond motifs is 1. The molecule has 1 aromatic carbocycles. The Bertz CT molecular complexity index is 865. The molecule has 2 aromatic rings. The molecule has 6 heteroatoms. The molecule has 2 atom stereocenters. The van der Waals surface area contributed by atoms with E-state index >= 15 is 0 Å². The van der Waals surface area contributed by atoms with Gasteiger partial charge in [0.2, 0.25) is 5.91 Å². The van der Waals surface area contributed by atoms with Crippen LogP contribution in [-0.4, -0.2) is 47.2 Å². The Morgan fingerprint density at radius 1 is 1.31 bits per heavy atom. The van der Waals surface area contributed by atoms with Crippen LogP contribution in [-0.2, 0) is 4.79 Å². The summed E-state index contributed by atoms with van der Waals surface area (Å²) in [6, 6.07) is 8.13. The standard InChI is InChI=1S/C23H34N4O2/c1-15(2)20-22(28)27(23(4,5)26-20)12-8-9-16(3)25-19-14-18(29-6)13-17-10-7-11-24-21(17)19/h7,10-11,13-16,20,25-26H,8-9,12H2,1-6H3/t16?,20-/m0/s1. The van der Waals surface area contributed by atoms with Crippen molar-refractivity contribution in [2.45, 2.75) is 65.2 Å². The van der Waals surface area contributed by atoms with Gasteiger partial charge in [-0.25, -0.2) is 0 Å². The van der Waals surface area contributed by atoms with Crippen LogP contribution in [0.25, 0.3) is 10.9 Å². The van der Waals surface area contributed by atoms with Crippen molar-refractivity contribution >= 4 is 22.5 Å². The van der Waals surface area contributed by atoms with Crippen molar-refractivity contribution in [2.75, 3.05) is 19.0 Å². The average molecular weight is 399 g/mol.